The SMILES string of the molecule is COc1ccccc1CCNc1nc(NCCO)c2ccccc2n1.Cl. The molecule has 0 amide bonds. The molecule has 0 bridgehead atoms. The van der Waals surface area contributed by atoms with Gasteiger partial charge in [0.25, 0.3) is 0 Å². The quantitative estimate of drug-likeness (QED) is 0.562. The Balaban J connectivity index is 0.00000243. The van der Waals surface area contributed by atoms with Gasteiger partial charge in [0, 0.05) is 18.5 Å². The van der Waals surface area contributed by atoms with Gasteiger partial charge >= 0.3 is 0 Å². The van der Waals surface area contributed by atoms with E-state index in [4.69, 9.17) is 9.84 Å². The van der Waals surface area contributed by atoms with Gasteiger partial charge in [-0.2, -0.15) is 4.98 Å². The summed E-state index contributed by atoms with van der Waals surface area (Å²) in [5.74, 6) is 2.17. The lowest BCUT2D eigenvalue weighted by molar-refractivity contribution is 0.311. The van der Waals surface area contributed by atoms with Crippen molar-refractivity contribution in [3.63, 3.8) is 0 Å². The van der Waals surface area contributed by atoms with Crippen molar-refractivity contribution in [1.82, 2.24) is 9.97 Å². The number of methoxy groups -OCH3 is 1. The Morgan fingerprint density at radius 3 is 2.54 bits per heavy atom. The van der Waals surface area contributed by atoms with Gasteiger partial charge in [-0.3, -0.25) is 0 Å². The fourth-order valence-corrected chi connectivity index (χ4v) is 2.68. The third-order valence-electron chi connectivity index (χ3n) is 3.88. The van der Waals surface area contributed by atoms with Gasteiger partial charge in [-0.25, -0.2) is 4.98 Å². The second-order valence-corrected chi connectivity index (χ2v) is 5.55. The molecule has 0 unspecified atom stereocenters. The molecule has 0 spiro atoms. The summed E-state index contributed by atoms with van der Waals surface area (Å²) in [6.07, 6.45) is 0.805. The van der Waals surface area contributed by atoms with Crippen molar-refractivity contribution >= 4 is 35.1 Å². The van der Waals surface area contributed by atoms with Crippen LogP contribution in [0, 0.1) is 0 Å². The van der Waals surface area contributed by atoms with Crippen molar-refractivity contribution in [2.24, 2.45) is 0 Å². The summed E-state index contributed by atoms with van der Waals surface area (Å²) >= 11 is 0. The van der Waals surface area contributed by atoms with E-state index in [0.717, 1.165) is 34.5 Å². The van der Waals surface area contributed by atoms with Gasteiger partial charge in [0.15, 0.2) is 0 Å². The van der Waals surface area contributed by atoms with Crippen LogP contribution in [0.4, 0.5) is 11.8 Å². The number of fused-ring (bicyclic) bond motifs is 1. The van der Waals surface area contributed by atoms with Crippen molar-refractivity contribution in [3.05, 3.63) is 54.1 Å². The Morgan fingerprint density at radius 2 is 1.73 bits per heavy atom. The number of rotatable bonds is 8. The molecule has 2 aromatic carbocycles. The Bertz CT molecular complexity index is 845. The van der Waals surface area contributed by atoms with Crippen LogP contribution >= 0.6 is 12.4 Å². The number of para-hydroxylation sites is 2. The molecule has 0 aliphatic carbocycles. The van der Waals surface area contributed by atoms with Gasteiger partial charge in [0.2, 0.25) is 5.95 Å². The molecular formula is C19H23ClN4O2. The van der Waals surface area contributed by atoms with Gasteiger partial charge in [0.05, 0.1) is 19.2 Å². The lowest BCUT2D eigenvalue weighted by Crippen LogP contribution is -2.12. The highest BCUT2D eigenvalue weighted by molar-refractivity contribution is 5.90. The molecule has 0 radical (unpaired) electrons. The van der Waals surface area contributed by atoms with Crippen LogP contribution in [0.5, 0.6) is 5.75 Å². The maximum atomic E-state index is 9.05. The minimum absolute atomic E-state index is 0. The Labute approximate surface area is 159 Å². The average molecular weight is 375 g/mol. The third kappa shape index (κ3) is 4.74. The van der Waals surface area contributed by atoms with Crippen LogP contribution < -0.4 is 15.4 Å². The first-order valence-electron chi connectivity index (χ1n) is 8.29. The zero-order valence-electron chi connectivity index (χ0n) is 14.6. The van der Waals surface area contributed by atoms with E-state index in [1.165, 1.54) is 0 Å². The maximum absolute atomic E-state index is 9.05. The molecule has 1 heterocycles. The number of hydrogen-bond acceptors (Lipinski definition) is 6. The van der Waals surface area contributed by atoms with Crippen LogP contribution in [0.25, 0.3) is 10.9 Å². The van der Waals surface area contributed by atoms with E-state index in [0.29, 0.717) is 19.0 Å². The molecule has 26 heavy (non-hydrogen) atoms. The molecule has 1 aromatic heterocycles. The van der Waals surface area contributed by atoms with Gasteiger partial charge < -0.3 is 20.5 Å². The molecule has 0 aliphatic rings. The number of aliphatic hydroxyl groups excluding tert-OH is 1. The van der Waals surface area contributed by atoms with Crippen LogP contribution in [0.15, 0.2) is 48.5 Å². The number of nitrogens with zero attached hydrogens (tertiary/aromatic N) is 2. The van der Waals surface area contributed by atoms with E-state index in [9.17, 15) is 0 Å². The molecule has 0 aliphatic heterocycles. The molecule has 0 saturated heterocycles. The number of benzene rings is 2. The largest absolute Gasteiger partial charge is 0.496 e. The third-order valence-corrected chi connectivity index (χ3v) is 3.88. The van der Waals surface area contributed by atoms with Crippen LogP contribution in [0.3, 0.4) is 0 Å². The van der Waals surface area contributed by atoms with Gasteiger partial charge in [-0.05, 0) is 30.2 Å². The van der Waals surface area contributed by atoms with E-state index >= 15 is 0 Å². The molecule has 6 nitrogen and oxygen atoms in total. The average Bonchev–Trinajstić information content (AvgIpc) is 2.66. The molecule has 0 atom stereocenters. The normalized spacial score (nSPS) is 10.2. The summed E-state index contributed by atoms with van der Waals surface area (Å²) in [5, 5.41) is 16.4. The smallest absolute Gasteiger partial charge is 0.225 e. The lowest BCUT2D eigenvalue weighted by Gasteiger charge is -2.12. The van der Waals surface area contributed by atoms with Crippen LogP contribution in [-0.4, -0.2) is 41.9 Å². The fraction of sp³-hybridized carbons (Fsp3) is 0.263. The van der Waals surface area contributed by atoms with E-state index in [1.807, 2.05) is 42.5 Å². The number of nitrogens with one attached hydrogen (secondary N) is 2. The monoisotopic (exact) mass is 374 g/mol. The molecule has 3 N–H and O–H groups in total. The van der Waals surface area contributed by atoms with E-state index < -0.39 is 0 Å². The van der Waals surface area contributed by atoms with E-state index in [2.05, 4.69) is 26.7 Å². The fourth-order valence-electron chi connectivity index (χ4n) is 2.68. The van der Waals surface area contributed by atoms with Crippen molar-refractivity contribution in [3.8, 4) is 5.75 Å². The predicted molar refractivity (Wildman–Crippen MR) is 108 cm³/mol. The summed E-state index contributed by atoms with van der Waals surface area (Å²) < 4.78 is 5.38. The highest BCUT2D eigenvalue weighted by Gasteiger charge is 2.07. The van der Waals surface area contributed by atoms with Crippen molar-refractivity contribution in [1.29, 1.82) is 0 Å². The number of aromatic nitrogens is 2. The summed E-state index contributed by atoms with van der Waals surface area (Å²) in [4.78, 5) is 9.10. The molecule has 0 saturated carbocycles. The number of hydrogen-bond donors (Lipinski definition) is 3. The summed E-state index contributed by atoms with van der Waals surface area (Å²) in [6, 6.07) is 15.8. The van der Waals surface area contributed by atoms with E-state index in [-0.39, 0.29) is 19.0 Å². The maximum Gasteiger partial charge on any atom is 0.225 e. The first kappa shape index (κ1) is 19.8. The Morgan fingerprint density at radius 1 is 0.962 bits per heavy atom. The van der Waals surface area contributed by atoms with Gasteiger partial charge in [-0.1, -0.05) is 30.3 Å². The van der Waals surface area contributed by atoms with Crippen molar-refractivity contribution in [2.45, 2.75) is 6.42 Å². The zero-order valence-corrected chi connectivity index (χ0v) is 15.4. The minimum Gasteiger partial charge on any atom is -0.496 e. The van der Waals surface area contributed by atoms with Crippen molar-refractivity contribution in [2.75, 3.05) is 37.4 Å². The Hall–Kier alpha value is -2.57. The molecule has 0 fully saturated rings. The molecule has 138 valence electrons. The Kier molecular flexibility index (Phi) is 7.44. The van der Waals surface area contributed by atoms with Crippen LogP contribution in [0.2, 0.25) is 0 Å². The standard InChI is InChI=1S/C19H22N4O2.ClH/c1-25-17-9-5-2-6-14(17)10-11-21-19-22-16-8-4-3-7-15(16)18(23-19)20-12-13-24;/h2-9,24H,10-13H2,1H3,(H2,20,21,22,23);1H. The van der Waals surface area contributed by atoms with Gasteiger partial charge in [0.1, 0.15) is 11.6 Å². The van der Waals surface area contributed by atoms with Crippen LogP contribution in [0.1, 0.15) is 5.56 Å². The van der Waals surface area contributed by atoms with Crippen LogP contribution in [-0.2, 0) is 6.42 Å². The lowest BCUT2D eigenvalue weighted by atomic mass is 10.1. The second kappa shape index (κ2) is 9.79. The zero-order chi connectivity index (χ0) is 17.5. The van der Waals surface area contributed by atoms with Crippen molar-refractivity contribution < 1.29 is 9.84 Å². The second-order valence-electron chi connectivity index (χ2n) is 5.55. The first-order valence-corrected chi connectivity index (χ1v) is 8.29. The molecule has 3 aromatic rings. The van der Waals surface area contributed by atoms with Gasteiger partial charge in [-0.15, -0.1) is 12.4 Å². The number of anilines is 2. The predicted octanol–water partition coefficient (Wildman–Crippen LogP) is 3.12. The highest BCUT2D eigenvalue weighted by atomic mass is 35.5. The number of aliphatic hydroxyl groups is 1. The summed E-state index contributed by atoms with van der Waals surface area (Å²) in [5.41, 5.74) is 2.00. The van der Waals surface area contributed by atoms with E-state index in [1.54, 1.807) is 7.11 Å². The topological polar surface area (TPSA) is 79.3 Å². The number of ether oxygens (including phenoxy) is 1. The first-order chi connectivity index (χ1) is 12.3. The molecule has 7 heteroatoms. The molecular weight excluding hydrogens is 352 g/mol. The number of halogens is 1. The molecule has 3 rings (SSSR count). The minimum atomic E-state index is 0. The summed E-state index contributed by atoms with van der Waals surface area (Å²) in [7, 11) is 1.68. The highest BCUT2D eigenvalue weighted by Crippen LogP contribution is 2.22. The summed E-state index contributed by atoms with van der Waals surface area (Å²) in [6.45, 7) is 1.19.